The summed E-state index contributed by atoms with van der Waals surface area (Å²) in [5.74, 6) is -4.63. The molecule has 11 heteroatoms. The van der Waals surface area contributed by atoms with Gasteiger partial charge in [-0.2, -0.15) is 10.2 Å². The normalized spacial score (nSPS) is 17.1. The molecule has 2 heterocycles. The average Bonchev–Trinajstić information content (AvgIpc) is 3.00. The van der Waals surface area contributed by atoms with Crippen molar-refractivity contribution in [1.82, 2.24) is 15.1 Å². The molecule has 2 aromatic carbocycles. The van der Waals surface area contributed by atoms with E-state index < -0.39 is 35.8 Å². The monoisotopic (exact) mass is 501 g/mol. The SMILES string of the molecule is CN1CCC(c2cc(F)cc(F)c2)c2ccc(-c3cccnn3)cc2C1.O=C(O)[C@H](O)[C@@H](O)C(=O)O. The van der Waals surface area contributed by atoms with Gasteiger partial charge in [-0.25, -0.2) is 18.4 Å². The maximum Gasteiger partial charge on any atom is 0.335 e. The average molecular weight is 501 g/mol. The van der Waals surface area contributed by atoms with Crippen LogP contribution in [0.5, 0.6) is 0 Å². The van der Waals surface area contributed by atoms with Crippen LogP contribution in [0.3, 0.4) is 0 Å². The fourth-order valence-corrected chi connectivity index (χ4v) is 3.96. The van der Waals surface area contributed by atoms with E-state index in [0.29, 0.717) is 5.56 Å². The Morgan fingerprint density at radius 2 is 1.64 bits per heavy atom. The number of carboxylic acids is 2. The van der Waals surface area contributed by atoms with Crippen molar-refractivity contribution < 1.29 is 38.8 Å². The third-order valence-electron chi connectivity index (χ3n) is 5.72. The molecule has 1 aliphatic rings. The van der Waals surface area contributed by atoms with Crippen LogP contribution in [0.4, 0.5) is 8.78 Å². The van der Waals surface area contributed by atoms with E-state index >= 15 is 0 Å². The number of aliphatic hydroxyl groups excluding tert-OH is 2. The second-order valence-corrected chi connectivity index (χ2v) is 8.37. The second-order valence-electron chi connectivity index (χ2n) is 8.37. The number of rotatable bonds is 5. The van der Waals surface area contributed by atoms with Gasteiger partial charge < -0.3 is 25.3 Å². The lowest BCUT2D eigenvalue weighted by Crippen LogP contribution is -2.39. The number of aromatic nitrogens is 2. The van der Waals surface area contributed by atoms with Crippen molar-refractivity contribution in [3.63, 3.8) is 0 Å². The lowest BCUT2D eigenvalue weighted by atomic mass is 9.85. The zero-order valence-electron chi connectivity index (χ0n) is 19.3. The highest BCUT2D eigenvalue weighted by atomic mass is 19.1. The van der Waals surface area contributed by atoms with Crippen LogP contribution in [0.1, 0.15) is 29.0 Å². The lowest BCUT2D eigenvalue weighted by Gasteiger charge is -2.19. The van der Waals surface area contributed by atoms with E-state index in [4.69, 9.17) is 20.4 Å². The molecular weight excluding hydrogens is 476 g/mol. The number of hydrogen-bond acceptors (Lipinski definition) is 7. The molecule has 3 aromatic rings. The van der Waals surface area contributed by atoms with Crippen molar-refractivity contribution in [2.24, 2.45) is 0 Å². The molecule has 190 valence electrons. The molecule has 1 unspecified atom stereocenters. The molecule has 1 aromatic heterocycles. The minimum Gasteiger partial charge on any atom is -0.479 e. The number of aliphatic carboxylic acids is 2. The predicted molar refractivity (Wildman–Crippen MR) is 124 cm³/mol. The Bertz CT molecular complexity index is 1190. The van der Waals surface area contributed by atoms with Gasteiger partial charge in [-0.15, -0.1) is 0 Å². The van der Waals surface area contributed by atoms with Crippen LogP contribution in [0, 0.1) is 11.6 Å². The summed E-state index contributed by atoms with van der Waals surface area (Å²) in [5, 5.41) is 40.6. The lowest BCUT2D eigenvalue weighted by molar-refractivity contribution is -0.165. The van der Waals surface area contributed by atoms with Gasteiger partial charge in [0.15, 0.2) is 12.2 Å². The molecule has 0 bridgehead atoms. The maximum atomic E-state index is 13.8. The number of benzene rings is 2. The fraction of sp³-hybridized carbons (Fsp3) is 0.280. The van der Waals surface area contributed by atoms with Crippen molar-refractivity contribution >= 4 is 11.9 Å². The van der Waals surface area contributed by atoms with Crippen molar-refractivity contribution in [3.05, 3.63) is 83.1 Å². The van der Waals surface area contributed by atoms with E-state index in [0.717, 1.165) is 48.0 Å². The fourth-order valence-electron chi connectivity index (χ4n) is 3.96. The van der Waals surface area contributed by atoms with Crippen LogP contribution in [0.15, 0.2) is 54.7 Å². The predicted octanol–water partition coefficient (Wildman–Crippen LogP) is 2.27. The molecule has 9 nitrogen and oxygen atoms in total. The van der Waals surface area contributed by atoms with Crippen LogP contribution in [0.25, 0.3) is 11.3 Å². The molecule has 4 rings (SSSR count). The first kappa shape index (κ1) is 26.8. The molecular formula is C25H25F2N3O6. The molecule has 0 fully saturated rings. The molecule has 0 amide bonds. The maximum absolute atomic E-state index is 13.8. The van der Waals surface area contributed by atoms with Gasteiger partial charge in [0.2, 0.25) is 0 Å². The van der Waals surface area contributed by atoms with Gasteiger partial charge in [0.05, 0.1) is 5.69 Å². The Morgan fingerprint density at radius 3 is 2.19 bits per heavy atom. The number of carbonyl (C=O) groups is 2. The summed E-state index contributed by atoms with van der Waals surface area (Å²) in [6.45, 7) is 1.65. The largest absolute Gasteiger partial charge is 0.479 e. The second kappa shape index (κ2) is 11.8. The van der Waals surface area contributed by atoms with E-state index in [2.05, 4.69) is 34.3 Å². The summed E-state index contributed by atoms with van der Waals surface area (Å²) in [7, 11) is 2.06. The van der Waals surface area contributed by atoms with Gasteiger partial charge in [0.25, 0.3) is 0 Å². The highest BCUT2D eigenvalue weighted by molar-refractivity contribution is 5.83. The number of aliphatic hydroxyl groups is 2. The number of carboxylic acid groups (broad SMARTS) is 2. The molecule has 1 aliphatic heterocycles. The molecule has 3 atom stereocenters. The summed E-state index contributed by atoms with van der Waals surface area (Å²) >= 11 is 0. The minimum absolute atomic E-state index is 0.0314. The number of halogens is 2. The van der Waals surface area contributed by atoms with E-state index in [9.17, 15) is 18.4 Å². The molecule has 36 heavy (non-hydrogen) atoms. The van der Waals surface area contributed by atoms with Crippen LogP contribution >= 0.6 is 0 Å². The summed E-state index contributed by atoms with van der Waals surface area (Å²) in [5.41, 5.74) is 4.77. The van der Waals surface area contributed by atoms with Crippen LogP contribution in [0.2, 0.25) is 0 Å². The Hall–Kier alpha value is -3.80. The summed E-state index contributed by atoms with van der Waals surface area (Å²) in [6, 6.07) is 13.8. The van der Waals surface area contributed by atoms with Crippen LogP contribution < -0.4 is 0 Å². The smallest absolute Gasteiger partial charge is 0.335 e. The Kier molecular flexibility index (Phi) is 8.75. The highest BCUT2D eigenvalue weighted by Crippen LogP contribution is 2.36. The van der Waals surface area contributed by atoms with Gasteiger partial charge in [-0.3, -0.25) is 0 Å². The molecule has 0 saturated carbocycles. The Morgan fingerprint density at radius 1 is 1.00 bits per heavy atom. The standard InChI is InChI=1S/C21H19F2N3.C4H6O6/c1-26-8-6-20(15-10-17(22)12-18(23)11-15)19-5-4-14(9-16(19)13-26)21-3-2-7-24-25-21;5-1(3(7)8)2(6)4(9)10/h2-5,7,9-12,20H,6,8,13H2,1H3;1-2,5-6H,(H,7,8)(H,9,10)/t;1-,2-/m.1/s1. The van der Waals surface area contributed by atoms with Gasteiger partial charge in [-0.1, -0.05) is 12.1 Å². The number of hydrogen-bond donors (Lipinski definition) is 4. The third kappa shape index (κ3) is 6.66. The first-order chi connectivity index (χ1) is 17.1. The first-order valence-corrected chi connectivity index (χ1v) is 10.9. The molecule has 0 saturated heterocycles. The van der Waals surface area contributed by atoms with Crippen molar-refractivity contribution in [3.8, 4) is 11.3 Å². The minimum atomic E-state index is -2.27. The zero-order valence-corrected chi connectivity index (χ0v) is 19.3. The van der Waals surface area contributed by atoms with Crippen molar-refractivity contribution in [2.75, 3.05) is 13.6 Å². The summed E-state index contributed by atoms with van der Waals surface area (Å²) < 4.78 is 27.5. The number of fused-ring (bicyclic) bond motifs is 1. The molecule has 0 aliphatic carbocycles. The molecule has 0 radical (unpaired) electrons. The van der Waals surface area contributed by atoms with E-state index in [-0.39, 0.29) is 5.92 Å². The van der Waals surface area contributed by atoms with E-state index in [1.54, 1.807) is 6.20 Å². The number of nitrogens with zero attached hydrogens (tertiary/aromatic N) is 3. The highest BCUT2D eigenvalue weighted by Gasteiger charge is 2.29. The Balaban J connectivity index is 0.000000308. The van der Waals surface area contributed by atoms with Gasteiger partial charge in [0, 0.05) is 30.3 Å². The third-order valence-corrected chi connectivity index (χ3v) is 5.72. The van der Waals surface area contributed by atoms with Crippen LogP contribution in [-0.2, 0) is 16.1 Å². The molecule has 4 N–H and O–H groups in total. The van der Waals surface area contributed by atoms with Gasteiger partial charge in [0.1, 0.15) is 11.6 Å². The van der Waals surface area contributed by atoms with Gasteiger partial charge in [-0.05, 0) is 67.0 Å². The van der Waals surface area contributed by atoms with Crippen molar-refractivity contribution in [2.45, 2.75) is 31.1 Å². The summed E-state index contributed by atoms with van der Waals surface area (Å²) in [6.07, 6.45) is -2.07. The van der Waals surface area contributed by atoms with E-state index in [1.807, 2.05) is 18.2 Å². The van der Waals surface area contributed by atoms with Crippen molar-refractivity contribution in [1.29, 1.82) is 0 Å². The topological polar surface area (TPSA) is 144 Å². The van der Waals surface area contributed by atoms with Gasteiger partial charge >= 0.3 is 11.9 Å². The molecule has 0 spiro atoms. The Labute approximate surface area is 205 Å². The quantitative estimate of drug-likeness (QED) is 0.414. The van der Waals surface area contributed by atoms with Crippen LogP contribution in [-0.4, -0.2) is 73.3 Å². The summed E-state index contributed by atoms with van der Waals surface area (Å²) in [4.78, 5) is 21.8. The first-order valence-electron chi connectivity index (χ1n) is 10.9. The van der Waals surface area contributed by atoms with E-state index in [1.165, 1.54) is 12.1 Å². The zero-order chi connectivity index (χ0) is 26.4.